The summed E-state index contributed by atoms with van der Waals surface area (Å²) in [5.41, 5.74) is 6.28. The minimum atomic E-state index is -0.428. The van der Waals surface area contributed by atoms with Crippen LogP contribution >= 0.6 is 0 Å². The molecule has 0 spiro atoms. The minimum Gasteiger partial charge on any atom is -0.489 e. The van der Waals surface area contributed by atoms with Gasteiger partial charge < -0.3 is 15.4 Å². The second kappa shape index (κ2) is 9.46. The molecule has 1 atom stereocenters. The third kappa shape index (κ3) is 4.66. The van der Waals surface area contributed by atoms with Crippen molar-refractivity contribution in [2.75, 3.05) is 10.6 Å². The van der Waals surface area contributed by atoms with E-state index in [4.69, 9.17) is 4.74 Å². The van der Waals surface area contributed by atoms with E-state index in [1.54, 1.807) is 4.68 Å². The summed E-state index contributed by atoms with van der Waals surface area (Å²) in [7, 11) is 0. The number of rotatable bonds is 6. The molecule has 35 heavy (non-hydrogen) atoms. The first-order chi connectivity index (χ1) is 17.0. The molecule has 0 saturated heterocycles. The molecule has 2 heterocycles. The molecule has 0 aliphatic carbocycles. The van der Waals surface area contributed by atoms with Gasteiger partial charge in [0.05, 0.1) is 5.57 Å². The fraction of sp³-hybridized carbons (Fsp3) is 0.179. The number of amides is 1. The van der Waals surface area contributed by atoms with E-state index in [0.29, 0.717) is 18.1 Å². The third-order valence-electron chi connectivity index (χ3n) is 6.11. The number of benzene rings is 3. The van der Waals surface area contributed by atoms with E-state index in [1.807, 2.05) is 87.5 Å². The molecule has 1 unspecified atom stereocenters. The highest BCUT2D eigenvalue weighted by molar-refractivity contribution is 6.06. The Labute approximate surface area is 204 Å². The SMILES string of the molecule is CC1=C(C(=O)Nc2ccc(C)cc2C)C(c2ccc(OCc3ccccc3)cc2)n2ncnc2N1. The monoisotopic (exact) mass is 465 g/mol. The van der Waals surface area contributed by atoms with Gasteiger partial charge in [0, 0.05) is 11.4 Å². The molecule has 3 aromatic carbocycles. The molecule has 1 aliphatic heterocycles. The van der Waals surface area contributed by atoms with E-state index in [0.717, 1.165) is 39.4 Å². The molecule has 0 bridgehead atoms. The van der Waals surface area contributed by atoms with E-state index >= 15 is 0 Å². The summed E-state index contributed by atoms with van der Waals surface area (Å²) in [5.74, 6) is 1.17. The number of carbonyl (C=O) groups is 1. The van der Waals surface area contributed by atoms with Gasteiger partial charge in [-0.25, -0.2) is 4.68 Å². The number of anilines is 2. The summed E-state index contributed by atoms with van der Waals surface area (Å²) in [4.78, 5) is 17.9. The summed E-state index contributed by atoms with van der Waals surface area (Å²) in [5, 5.41) is 10.7. The van der Waals surface area contributed by atoms with Crippen LogP contribution in [0.15, 0.2) is 90.4 Å². The number of hydrogen-bond acceptors (Lipinski definition) is 5. The molecule has 2 N–H and O–H groups in total. The van der Waals surface area contributed by atoms with Crippen LogP contribution in [0.4, 0.5) is 11.6 Å². The van der Waals surface area contributed by atoms with Gasteiger partial charge in [-0.2, -0.15) is 10.1 Å². The topological polar surface area (TPSA) is 81.1 Å². The first-order valence-corrected chi connectivity index (χ1v) is 11.5. The van der Waals surface area contributed by atoms with Gasteiger partial charge in [0.2, 0.25) is 5.95 Å². The van der Waals surface area contributed by atoms with Crippen LogP contribution in [0.1, 0.15) is 35.2 Å². The van der Waals surface area contributed by atoms with Crippen LogP contribution in [0.5, 0.6) is 5.75 Å². The smallest absolute Gasteiger partial charge is 0.255 e. The Balaban J connectivity index is 1.43. The Bertz CT molecular complexity index is 1390. The van der Waals surface area contributed by atoms with Crippen LogP contribution < -0.4 is 15.4 Å². The van der Waals surface area contributed by atoms with Gasteiger partial charge in [0.15, 0.2) is 0 Å². The summed E-state index contributed by atoms with van der Waals surface area (Å²) in [6, 6.07) is 23.4. The largest absolute Gasteiger partial charge is 0.489 e. The summed E-state index contributed by atoms with van der Waals surface area (Å²) < 4.78 is 7.69. The summed E-state index contributed by atoms with van der Waals surface area (Å²) >= 11 is 0. The quantitative estimate of drug-likeness (QED) is 0.398. The number of fused-ring (bicyclic) bond motifs is 1. The van der Waals surface area contributed by atoms with Crippen molar-refractivity contribution in [2.45, 2.75) is 33.4 Å². The van der Waals surface area contributed by atoms with Gasteiger partial charge in [-0.1, -0.05) is 60.2 Å². The van der Waals surface area contributed by atoms with E-state index in [-0.39, 0.29) is 5.91 Å². The Morgan fingerprint density at radius 3 is 2.54 bits per heavy atom. The van der Waals surface area contributed by atoms with E-state index < -0.39 is 6.04 Å². The third-order valence-corrected chi connectivity index (χ3v) is 6.11. The molecule has 0 fully saturated rings. The van der Waals surface area contributed by atoms with Gasteiger partial charge in [0.1, 0.15) is 24.7 Å². The molecule has 5 rings (SSSR count). The second-order valence-corrected chi connectivity index (χ2v) is 8.71. The average molecular weight is 466 g/mol. The first kappa shape index (κ1) is 22.4. The standard InChI is InChI=1S/C28H27N5O2/c1-18-9-14-24(19(2)15-18)32-27(34)25-20(3)31-28-29-17-30-33(28)26(25)22-10-12-23(13-11-22)35-16-21-7-5-4-6-8-21/h4-15,17,26H,16H2,1-3H3,(H,32,34)(H,29,30,31). The van der Waals surface area contributed by atoms with Crippen molar-refractivity contribution in [1.82, 2.24) is 14.8 Å². The molecule has 7 nitrogen and oxygen atoms in total. The van der Waals surface area contributed by atoms with Crippen molar-refractivity contribution in [3.05, 3.63) is 113 Å². The van der Waals surface area contributed by atoms with Crippen molar-refractivity contribution in [3.63, 3.8) is 0 Å². The number of ether oxygens (including phenoxy) is 1. The zero-order chi connectivity index (χ0) is 24.4. The fourth-order valence-corrected chi connectivity index (χ4v) is 4.32. The zero-order valence-electron chi connectivity index (χ0n) is 19.9. The summed E-state index contributed by atoms with van der Waals surface area (Å²) in [6.07, 6.45) is 1.49. The van der Waals surface area contributed by atoms with Crippen molar-refractivity contribution in [3.8, 4) is 5.75 Å². The Morgan fingerprint density at radius 1 is 1.03 bits per heavy atom. The molecule has 4 aromatic rings. The Kier molecular flexibility index (Phi) is 6.06. The average Bonchev–Trinajstić information content (AvgIpc) is 3.32. The molecule has 1 amide bonds. The van der Waals surface area contributed by atoms with Gasteiger partial charge in [0.25, 0.3) is 5.91 Å². The van der Waals surface area contributed by atoms with Gasteiger partial charge in [-0.15, -0.1) is 0 Å². The molecular weight excluding hydrogens is 438 g/mol. The number of nitrogens with zero attached hydrogens (tertiary/aromatic N) is 3. The zero-order valence-corrected chi connectivity index (χ0v) is 19.9. The highest BCUT2D eigenvalue weighted by Crippen LogP contribution is 2.36. The molecule has 1 aliphatic rings. The maximum absolute atomic E-state index is 13.6. The fourth-order valence-electron chi connectivity index (χ4n) is 4.32. The number of hydrogen-bond donors (Lipinski definition) is 2. The van der Waals surface area contributed by atoms with Gasteiger partial charge in [-0.05, 0) is 55.7 Å². The summed E-state index contributed by atoms with van der Waals surface area (Å²) in [6.45, 7) is 6.40. The van der Waals surface area contributed by atoms with Crippen LogP contribution in [-0.4, -0.2) is 20.7 Å². The first-order valence-electron chi connectivity index (χ1n) is 11.5. The highest BCUT2D eigenvalue weighted by atomic mass is 16.5. The predicted molar refractivity (Wildman–Crippen MR) is 136 cm³/mol. The maximum atomic E-state index is 13.6. The highest BCUT2D eigenvalue weighted by Gasteiger charge is 2.33. The van der Waals surface area contributed by atoms with E-state index in [1.165, 1.54) is 6.33 Å². The van der Waals surface area contributed by atoms with Crippen molar-refractivity contribution < 1.29 is 9.53 Å². The number of aromatic nitrogens is 3. The van der Waals surface area contributed by atoms with E-state index in [9.17, 15) is 4.79 Å². The van der Waals surface area contributed by atoms with E-state index in [2.05, 4.69) is 26.8 Å². The molecular formula is C28H27N5O2. The maximum Gasteiger partial charge on any atom is 0.255 e. The van der Waals surface area contributed by atoms with Crippen molar-refractivity contribution in [2.24, 2.45) is 0 Å². The Hall–Kier alpha value is -4.39. The lowest BCUT2D eigenvalue weighted by molar-refractivity contribution is -0.113. The minimum absolute atomic E-state index is 0.183. The lowest BCUT2D eigenvalue weighted by atomic mass is 9.94. The lowest BCUT2D eigenvalue weighted by Crippen LogP contribution is -2.31. The number of allylic oxidation sites excluding steroid dienone is 1. The Morgan fingerprint density at radius 2 is 1.80 bits per heavy atom. The van der Waals surface area contributed by atoms with Crippen molar-refractivity contribution in [1.29, 1.82) is 0 Å². The second-order valence-electron chi connectivity index (χ2n) is 8.71. The van der Waals surface area contributed by atoms with Crippen LogP contribution in [-0.2, 0) is 11.4 Å². The number of carbonyl (C=O) groups excluding carboxylic acids is 1. The van der Waals surface area contributed by atoms with Crippen LogP contribution in [0.2, 0.25) is 0 Å². The molecule has 0 saturated carbocycles. The van der Waals surface area contributed by atoms with Crippen molar-refractivity contribution >= 4 is 17.5 Å². The lowest BCUT2D eigenvalue weighted by Gasteiger charge is -2.29. The molecule has 0 radical (unpaired) electrons. The number of nitrogens with one attached hydrogen (secondary N) is 2. The number of aryl methyl sites for hydroxylation is 2. The van der Waals surface area contributed by atoms with Gasteiger partial charge >= 0.3 is 0 Å². The molecule has 176 valence electrons. The normalized spacial score (nSPS) is 14.8. The molecule has 1 aromatic heterocycles. The predicted octanol–water partition coefficient (Wildman–Crippen LogP) is 5.40. The molecule has 7 heteroatoms. The van der Waals surface area contributed by atoms with Crippen LogP contribution in [0, 0.1) is 13.8 Å². The van der Waals surface area contributed by atoms with Crippen LogP contribution in [0.25, 0.3) is 0 Å². The van der Waals surface area contributed by atoms with Crippen LogP contribution in [0.3, 0.4) is 0 Å². The van der Waals surface area contributed by atoms with Gasteiger partial charge in [-0.3, -0.25) is 4.79 Å².